The van der Waals surface area contributed by atoms with Crippen LogP contribution in [0, 0.1) is 17.5 Å². The highest BCUT2D eigenvalue weighted by Gasteiger charge is 2.20. The molecule has 2 aromatic carbocycles. The van der Waals surface area contributed by atoms with Gasteiger partial charge in [0.1, 0.15) is 0 Å². The number of benzene rings is 2. The van der Waals surface area contributed by atoms with Crippen molar-refractivity contribution in [2.24, 2.45) is 0 Å². The van der Waals surface area contributed by atoms with Gasteiger partial charge in [-0.15, -0.1) is 0 Å². The van der Waals surface area contributed by atoms with E-state index < -0.39 is 17.5 Å². The summed E-state index contributed by atoms with van der Waals surface area (Å²) in [5, 5.41) is 4.36. The molecule has 1 aromatic heterocycles. The van der Waals surface area contributed by atoms with Crippen LogP contribution < -0.4 is 0 Å². The number of aryl methyl sites for hydroxylation is 1. The number of nitrogens with zero attached hydrogens (tertiary/aromatic N) is 3. The van der Waals surface area contributed by atoms with E-state index in [0.717, 1.165) is 18.1 Å². The molecule has 3 rings (SSSR count). The smallest absolute Gasteiger partial charge is 0.195 e. The van der Waals surface area contributed by atoms with Crippen LogP contribution in [0.15, 0.2) is 42.5 Å². The van der Waals surface area contributed by atoms with Crippen molar-refractivity contribution in [1.82, 2.24) is 14.8 Å². The molecule has 118 valence electrons. The molecular formula is C17H14F3N3. The fraction of sp³-hybridized carbons (Fsp3) is 0.176. The van der Waals surface area contributed by atoms with Crippen molar-refractivity contribution in [2.45, 2.75) is 19.9 Å². The molecule has 23 heavy (non-hydrogen) atoms. The van der Waals surface area contributed by atoms with E-state index in [2.05, 4.69) is 10.1 Å². The third-order valence-electron chi connectivity index (χ3n) is 3.42. The first-order valence-corrected chi connectivity index (χ1v) is 7.26. The van der Waals surface area contributed by atoms with Crippen molar-refractivity contribution >= 4 is 0 Å². The van der Waals surface area contributed by atoms with Crippen molar-refractivity contribution in [2.75, 3.05) is 0 Å². The Morgan fingerprint density at radius 2 is 1.70 bits per heavy atom. The lowest BCUT2D eigenvalue weighted by Gasteiger charge is -2.06. The Kier molecular flexibility index (Phi) is 4.14. The quantitative estimate of drug-likeness (QED) is 0.666. The van der Waals surface area contributed by atoms with Gasteiger partial charge in [-0.2, -0.15) is 5.10 Å². The Morgan fingerprint density at radius 1 is 0.957 bits per heavy atom. The summed E-state index contributed by atoms with van der Waals surface area (Å²) in [6.45, 7) is 2.43. The van der Waals surface area contributed by atoms with E-state index in [9.17, 15) is 13.2 Å². The molecule has 3 aromatic rings. The zero-order chi connectivity index (χ0) is 16.4. The lowest BCUT2D eigenvalue weighted by molar-refractivity contribution is 0.448. The summed E-state index contributed by atoms with van der Waals surface area (Å²) in [7, 11) is 0. The van der Waals surface area contributed by atoms with Gasteiger partial charge >= 0.3 is 0 Å². The Bertz CT molecular complexity index is 829. The van der Waals surface area contributed by atoms with E-state index in [4.69, 9.17) is 0 Å². The van der Waals surface area contributed by atoms with Crippen LogP contribution in [0.4, 0.5) is 13.2 Å². The van der Waals surface area contributed by atoms with Crippen LogP contribution in [0.5, 0.6) is 0 Å². The zero-order valence-corrected chi connectivity index (χ0v) is 12.4. The molecule has 0 N–H and O–H groups in total. The lowest BCUT2D eigenvalue weighted by Crippen LogP contribution is -2.04. The predicted octanol–water partition coefficient (Wildman–Crippen LogP) is 4.44. The van der Waals surface area contributed by atoms with Crippen molar-refractivity contribution < 1.29 is 13.2 Å². The fourth-order valence-corrected chi connectivity index (χ4v) is 2.32. The first-order valence-electron chi connectivity index (χ1n) is 7.26. The van der Waals surface area contributed by atoms with Crippen LogP contribution in [-0.4, -0.2) is 14.8 Å². The van der Waals surface area contributed by atoms with Crippen LogP contribution in [0.1, 0.15) is 13.3 Å². The highest BCUT2D eigenvalue weighted by molar-refractivity contribution is 5.62. The summed E-state index contributed by atoms with van der Waals surface area (Å²) >= 11 is 0. The summed E-state index contributed by atoms with van der Waals surface area (Å²) in [6, 6.07) is 11.3. The van der Waals surface area contributed by atoms with Crippen LogP contribution >= 0.6 is 0 Å². The van der Waals surface area contributed by atoms with Gasteiger partial charge in [0.05, 0.1) is 5.56 Å². The minimum atomic E-state index is -1.50. The monoisotopic (exact) mass is 317 g/mol. The van der Waals surface area contributed by atoms with E-state index in [1.165, 1.54) is 10.7 Å². The normalized spacial score (nSPS) is 11.0. The molecule has 1 heterocycles. The second kappa shape index (κ2) is 6.24. The van der Waals surface area contributed by atoms with E-state index in [1.54, 1.807) is 0 Å². The van der Waals surface area contributed by atoms with Gasteiger partial charge in [-0.25, -0.2) is 22.8 Å². The molecule has 0 amide bonds. The van der Waals surface area contributed by atoms with Crippen molar-refractivity contribution in [3.8, 4) is 22.8 Å². The highest BCUT2D eigenvalue weighted by Crippen LogP contribution is 2.27. The maximum Gasteiger partial charge on any atom is 0.195 e. The van der Waals surface area contributed by atoms with E-state index in [1.807, 2.05) is 37.3 Å². The molecule has 0 unspecified atom stereocenters. The molecule has 0 aliphatic carbocycles. The topological polar surface area (TPSA) is 30.7 Å². The lowest BCUT2D eigenvalue weighted by atomic mass is 10.1. The molecule has 0 saturated carbocycles. The number of hydrogen-bond donors (Lipinski definition) is 0. The predicted molar refractivity (Wildman–Crippen MR) is 81.1 cm³/mol. The first kappa shape index (κ1) is 15.3. The Labute approximate surface area is 131 Å². The van der Waals surface area contributed by atoms with Crippen LogP contribution in [-0.2, 0) is 6.54 Å². The van der Waals surface area contributed by atoms with Gasteiger partial charge in [0.2, 0.25) is 0 Å². The van der Waals surface area contributed by atoms with Gasteiger partial charge in [0.15, 0.2) is 29.1 Å². The van der Waals surface area contributed by atoms with Crippen molar-refractivity contribution in [1.29, 1.82) is 0 Å². The molecule has 0 atom stereocenters. The van der Waals surface area contributed by atoms with Gasteiger partial charge < -0.3 is 0 Å². The van der Waals surface area contributed by atoms with Gasteiger partial charge in [0, 0.05) is 12.1 Å². The van der Waals surface area contributed by atoms with Crippen LogP contribution in [0.25, 0.3) is 22.8 Å². The van der Waals surface area contributed by atoms with E-state index in [-0.39, 0.29) is 11.4 Å². The van der Waals surface area contributed by atoms with Crippen LogP contribution in [0.3, 0.4) is 0 Å². The minimum absolute atomic E-state index is 0.105. The standard InChI is InChI=1S/C17H14F3N3/c1-2-10-23-17(12-8-9-13(18)15(20)14(12)19)21-16(22-23)11-6-4-3-5-7-11/h3-9H,2,10H2,1H3. The molecule has 0 fully saturated rings. The molecule has 0 saturated heterocycles. The van der Waals surface area contributed by atoms with Gasteiger partial charge in [-0.3, -0.25) is 0 Å². The molecule has 0 radical (unpaired) electrons. The zero-order valence-electron chi connectivity index (χ0n) is 12.4. The van der Waals surface area contributed by atoms with Crippen molar-refractivity contribution in [3.05, 3.63) is 59.9 Å². The van der Waals surface area contributed by atoms with E-state index >= 15 is 0 Å². The van der Waals surface area contributed by atoms with Gasteiger partial charge in [0.25, 0.3) is 0 Å². The maximum absolute atomic E-state index is 14.1. The number of halogens is 3. The molecule has 3 nitrogen and oxygen atoms in total. The van der Waals surface area contributed by atoms with Gasteiger partial charge in [-0.1, -0.05) is 37.3 Å². The number of aromatic nitrogens is 3. The van der Waals surface area contributed by atoms with Crippen LogP contribution in [0.2, 0.25) is 0 Å². The summed E-state index contributed by atoms with van der Waals surface area (Å²) < 4.78 is 42.2. The number of hydrogen-bond acceptors (Lipinski definition) is 2. The third-order valence-corrected chi connectivity index (χ3v) is 3.42. The second-order valence-corrected chi connectivity index (χ2v) is 5.07. The molecule has 6 heteroatoms. The second-order valence-electron chi connectivity index (χ2n) is 5.07. The average Bonchev–Trinajstić information content (AvgIpc) is 2.98. The van der Waals surface area contributed by atoms with Gasteiger partial charge in [-0.05, 0) is 18.6 Å². The Balaban J connectivity index is 2.15. The summed E-state index contributed by atoms with van der Waals surface area (Å²) in [5.74, 6) is -3.39. The Morgan fingerprint density at radius 3 is 2.39 bits per heavy atom. The molecular weight excluding hydrogens is 303 g/mol. The van der Waals surface area contributed by atoms with E-state index in [0.29, 0.717) is 12.4 Å². The largest absolute Gasteiger partial charge is 0.245 e. The number of rotatable bonds is 4. The summed E-state index contributed by atoms with van der Waals surface area (Å²) in [5.41, 5.74) is 0.665. The minimum Gasteiger partial charge on any atom is -0.245 e. The van der Waals surface area contributed by atoms with Crippen molar-refractivity contribution in [3.63, 3.8) is 0 Å². The molecule has 0 aliphatic heterocycles. The molecule has 0 bridgehead atoms. The SMILES string of the molecule is CCCn1nc(-c2ccccc2)nc1-c1ccc(F)c(F)c1F. The highest BCUT2D eigenvalue weighted by atomic mass is 19.2. The Hall–Kier alpha value is -2.63. The molecule has 0 spiro atoms. The molecule has 0 aliphatic rings. The summed E-state index contributed by atoms with van der Waals surface area (Å²) in [6.07, 6.45) is 0.746. The maximum atomic E-state index is 14.1. The first-order chi connectivity index (χ1) is 11.1. The third kappa shape index (κ3) is 2.84. The fourth-order valence-electron chi connectivity index (χ4n) is 2.32. The summed E-state index contributed by atoms with van der Waals surface area (Å²) in [4.78, 5) is 4.32. The average molecular weight is 317 g/mol.